The lowest BCUT2D eigenvalue weighted by Crippen LogP contribution is -2.33. The van der Waals surface area contributed by atoms with Crippen molar-refractivity contribution in [3.05, 3.63) is 89.4 Å². The Morgan fingerprint density at radius 2 is 1.78 bits per heavy atom. The van der Waals surface area contributed by atoms with Crippen molar-refractivity contribution in [3.8, 4) is 23.1 Å². The third kappa shape index (κ3) is 3.63. The Morgan fingerprint density at radius 3 is 2.54 bits per heavy atom. The van der Waals surface area contributed by atoms with Crippen molar-refractivity contribution < 1.29 is 18.3 Å². The van der Waals surface area contributed by atoms with E-state index in [1.165, 1.54) is 42.5 Å². The number of hydrogen-bond donors (Lipinski definition) is 2. The molecular formula is C26H19F2N7O2. The highest BCUT2D eigenvalue weighted by atomic mass is 19.1. The molecule has 1 unspecified atom stereocenters. The van der Waals surface area contributed by atoms with Crippen LogP contribution in [0.15, 0.2) is 60.9 Å². The molecule has 1 atom stereocenters. The maximum Gasteiger partial charge on any atom is 0.264 e. The Kier molecular flexibility index (Phi) is 4.90. The summed E-state index contributed by atoms with van der Waals surface area (Å²) in [7, 11) is 0. The van der Waals surface area contributed by atoms with Crippen LogP contribution in [0.1, 0.15) is 23.7 Å². The Morgan fingerprint density at radius 1 is 1.00 bits per heavy atom. The summed E-state index contributed by atoms with van der Waals surface area (Å²) in [5.41, 5.74) is 7.51. The van der Waals surface area contributed by atoms with Crippen LogP contribution in [0.3, 0.4) is 0 Å². The molecule has 184 valence electrons. The van der Waals surface area contributed by atoms with Gasteiger partial charge in [-0.2, -0.15) is 0 Å². The molecular weight excluding hydrogens is 480 g/mol. The Labute approximate surface area is 209 Å². The first-order chi connectivity index (χ1) is 17.7. The average molecular weight is 499 g/mol. The molecule has 0 saturated heterocycles. The minimum atomic E-state index is -1.21. The fourth-order valence-corrected chi connectivity index (χ4v) is 4.49. The molecule has 11 heteroatoms. The van der Waals surface area contributed by atoms with Crippen molar-refractivity contribution in [3.63, 3.8) is 0 Å². The number of fused-ring (bicyclic) bond motifs is 2. The zero-order valence-electron chi connectivity index (χ0n) is 19.7. The number of nitrogens with zero attached hydrogens (tertiary/aromatic N) is 5. The van der Waals surface area contributed by atoms with Gasteiger partial charge in [0.05, 0.1) is 11.3 Å². The summed E-state index contributed by atoms with van der Waals surface area (Å²) in [4.78, 5) is 31.1. The first-order valence-electron chi connectivity index (χ1n) is 11.3. The Balaban J connectivity index is 1.47. The van der Waals surface area contributed by atoms with E-state index in [1.807, 2.05) is 6.92 Å². The molecule has 3 aromatic heterocycles. The van der Waals surface area contributed by atoms with Crippen LogP contribution in [0.2, 0.25) is 0 Å². The Bertz CT molecular complexity index is 1720. The van der Waals surface area contributed by atoms with Crippen LogP contribution in [0.25, 0.3) is 17.2 Å². The predicted octanol–water partition coefficient (Wildman–Crippen LogP) is 4.41. The van der Waals surface area contributed by atoms with E-state index in [0.717, 1.165) is 0 Å². The molecule has 0 aliphatic carbocycles. The molecule has 0 fully saturated rings. The molecule has 0 radical (unpaired) electrons. The molecule has 0 saturated carbocycles. The third-order valence-electron chi connectivity index (χ3n) is 6.31. The maximum atomic E-state index is 13.7. The molecule has 5 aromatic rings. The van der Waals surface area contributed by atoms with E-state index in [-0.39, 0.29) is 40.7 Å². The largest absolute Gasteiger partial charge is 0.436 e. The second-order valence-corrected chi connectivity index (χ2v) is 8.85. The normalized spacial score (nSPS) is 16.6. The lowest BCUT2D eigenvalue weighted by molar-refractivity contribution is -0.119. The fourth-order valence-electron chi connectivity index (χ4n) is 4.49. The van der Waals surface area contributed by atoms with Gasteiger partial charge in [0.2, 0.25) is 11.6 Å². The number of benzene rings is 2. The monoisotopic (exact) mass is 499 g/mol. The topological polar surface area (TPSA) is 120 Å². The van der Waals surface area contributed by atoms with E-state index < -0.39 is 17.0 Å². The second kappa shape index (κ2) is 8.05. The summed E-state index contributed by atoms with van der Waals surface area (Å²) in [6, 6.07) is 11.3. The van der Waals surface area contributed by atoms with Crippen molar-refractivity contribution in [1.82, 2.24) is 24.3 Å². The molecule has 3 N–H and O–H groups in total. The number of aryl methyl sites for hydroxylation is 1. The average Bonchev–Trinajstić information content (AvgIpc) is 3.36. The molecule has 0 spiro atoms. The standard InChI is InChI=1S/C26H19F2N7O2/c1-13-11-35-12-18(31-24(23(35)30-13)37-17-5-3-4-16(28)10-17)21-32-20(29)19-22(33-21)34-25(36)26(19,2)14-6-8-15(27)9-7-14/h3-12H,1-2H3,(H3,29,32,33,34,36). The van der Waals surface area contributed by atoms with E-state index in [1.54, 1.807) is 29.8 Å². The lowest BCUT2D eigenvalue weighted by atomic mass is 9.78. The highest BCUT2D eigenvalue weighted by molar-refractivity contribution is 6.09. The Hall–Kier alpha value is -4.93. The van der Waals surface area contributed by atoms with Crippen molar-refractivity contribution in [1.29, 1.82) is 0 Å². The van der Waals surface area contributed by atoms with Crippen LogP contribution in [0, 0.1) is 18.6 Å². The summed E-state index contributed by atoms with van der Waals surface area (Å²) < 4.78 is 34.8. The van der Waals surface area contributed by atoms with E-state index in [4.69, 9.17) is 10.5 Å². The number of aromatic nitrogens is 5. The highest BCUT2D eigenvalue weighted by Gasteiger charge is 2.47. The molecule has 1 amide bonds. The van der Waals surface area contributed by atoms with Gasteiger partial charge in [-0.15, -0.1) is 0 Å². The first-order valence-corrected chi connectivity index (χ1v) is 11.3. The van der Waals surface area contributed by atoms with Gasteiger partial charge < -0.3 is 15.8 Å². The zero-order chi connectivity index (χ0) is 25.9. The number of nitrogens with two attached hydrogens (primary N) is 1. The SMILES string of the molecule is Cc1cn2cc(-c3nc(N)c4c(n3)NC(=O)C4(C)c3ccc(F)cc3)nc(Oc3cccc(F)c3)c2n1. The van der Waals surface area contributed by atoms with Crippen molar-refractivity contribution in [2.75, 3.05) is 11.1 Å². The number of rotatable bonds is 4. The first kappa shape index (κ1) is 22.5. The van der Waals surface area contributed by atoms with Crippen molar-refractivity contribution in [2.24, 2.45) is 0 Å². The van der Waals surface area contributed by atoms with Gasteiger partial charge in [0.1, 0.15) is 40.1 Å². The van der Waals surface area contributed by atoms with E-state index in [2.05, 4.69) is 25.3 Å². The summed E-state index contributed by atoms with van der Waals surface area (Å²) >= 11 is 0. The number of nitrogen functional groups attached to an aromatic ring is 1. The van der Waals surface area contributed by atoms with Gasteiger partial charge in [0.25, 0.3) is 5.88 Å². The second-order valence-electron chi connectivity index (χ2n) is 8.85. The number of carbonyl (C=O) groups is 1. The predicted molar refractivity (Wildman–Crippen MR) is 131 cm³/mol. The van der Waals surface area contributed by atoms with Gasteiger partial charge in [-0.3, -0.25) is 9.20 Å². The van der Waals surface area contributed by atoms with Gasteiger partial charge in [-0.25, -0.2) is 28.7 Å². The van der Waals surface area contributed by atoms with E-state index in [9.17, 15) is 13.6 Å². The van der Waals surface area contributed by atoms with Crippen LogP contribution in [-0.2, 0) is 10.2 Å². The number of carbonyl (C=O) groups excluding carboxylic acids is 1. The van der Waals surface area contributed by atoms with E-state index in [0.29, 0.717) is 22.5 Å². The number of imidazole rings is 1. The maximum absolute atomic E-state index is 13.7. The zero-order valence-corrected chi connectivity index (χ0v) is 19.7. The van der Waals surface area contributed by atoms with Gasteiger partial charge in [0.15, 0.2) is 5.82 Å². The number of nitrogens with one attached hydrogen (secondary N) is 1. The van der Waals surface area contributed by atoms with Crippen LogP contribution >= 0.6 is 0 Å². The van der Waals surface area contributed by atoms with Gasteiger partial charge in [-0.1, -0.05) is 18.2 Å². The smallest absolute Gasteiger partial charge is 0.264 e. The minimum absolute atomic E-state index is 0.0708. The lowest BCUT2D eigenvalue weighted by Gasteiger charge is -2.23. The number of hydrogen-bond acceptors (Lipinski definition) is 7. The minimum Gasteiger partial charge on any atom is -0.436 e. The number of ether oxygens (including phenoxy) is 1. The van der Waals surface area contributed by atoms with Gasteiger partial charge in [0, 0.05) is 18.5 Å². The molecule has 2 aromatic carbocycles. The summed E-state index contributed by atoms with van der Waals surface area (Å²) in [5.74, 6) is -0.453. The van der Waals surface area contributed by atoms with Gasteiger partial charge >= 0.3 is 0 Å². The summed E-state index contributed by atoms with van der Waals surface area (Å²) in [5, 5.41) is 2.77. The van der Waals surface area contributed by atoms with Crippen LogP contribution in [0.5, 0.6) is 11.6 Å². The van der Waals surface area contributed by atoms with Crippen LogP contribution in [0.4, 0.5) is 20.4 Å². The molecule has 37 heavy (non-hydrogen) atoms. The van der Waals surface area contributed by atoms with E-state index >= 15 is 0 Å². The number of halogens is 2. The van der Waals surface area contributed by atoms with Crippen LogP contribution in [-0.4, -0.2) is 30.2 Å². The quantitative estimate of drug-likeness (QED) is 0.376. The van der Waals surface area contributed by atoms with Crippen molar-refractivity contribution in [2.45, 2.75) is 19.3 Å². The van der Waals surface area contributed by atoms with Crippen LogP contribution < -0.4 is 15.8 Å². The van der Waals surface area contributed by atoms with Gasteiger partial charge in [-0.05, 0) is 43.7 Å². The summed E-state index contributed by atoms with van der Waals surface area (Å²) in [6.07, 6.45) is 3.42. The van der Waals surface area contributed by atoms with Crippen molar-refractivity contribution >= 4 is 23.2 Å². The number of anilines is 2. The summed E-state index contributed by atoms with van der Waals surface area (Å²) in [6.45, 7) is 3.50. The molecule has 4 heterocycles. The molecule has 1 aliphatic rings. The molecule has 6 rings (SSSR count). The number of amides is 1. The molecule has 9 nitrogen and oxygen atoms in total. The highest BCUT2D eigenvalue weighted by Crippen LogP contribution is 2.45. The molecule has 1 aliphatic heterocycles. The third-order valence-corrected chi connectivity index (χ3v) is 6.31. The molecule has 0 bridgehead atoms. The fraction of sp³-hybridized carbons (Fsp3) is 0.115.